The molecule has 3 nitrogen and oxygen atoms in total. The molecule has 0 spiro atoms. The molecule has 2 aliphatic heterocycles. The van der Waals surface area contributed by atoms with E-state index in [9.17, 15) is 0 Å². The van der Waals surface area contributed by atoms with Crippen LogP contribution in [0.3, 0.4) is 0 Å². The fraction of sp³-hybridized carbons (Fsp3) is 1.00. The normalized spacial score (nSPS) is 45.0. The van der Waals surface area contributed by atoms with Crippen molar-refractivity contribution in [2.24, 2.45) is 5.92 Å². The summed E-state index contributed by atoms with van der Waals surface area (Å²) < 4.78 is 5.69. The molecule has 0 saturated carbocycles. The van der Waals surface area contributed by atoms with Crippen LogP contribution in [0.25, 0.3) is 0 Å². The van der Waals surface area contributed by atoms with Gasteiger partial charge in [0, 0.05) is 19.0 Å². The van der Waals surface area contributed by atoms with Gasteiger partial charge in [-0.1, -0.05) is 0 Å². The molecular weight excluding hydrogens is 140 g/mol. The van der Waals surface area contributed by atoms with E-state index in [2.05, 4.69) is 17.6 Å². The summed E-state index contributed by atoms with van der Waals surface area (Å²) in [4.78, 5) is 0. The Balaban J connectivity index is 1.85. The minimum absolute atomic E-state index is 0.319. The Labute approximate surface area is 67.5 Å². The number of rotatable bonds is 1. The molecule has 0 aromatic rings. The molecule has 3 heteroatoms. The van der Waals surface area contributed by atoms with Crippen LogP contribution >= 0.6 is 0 Å². The Morgan fingerprint density at radius 3 is 2.82 bits per heavy atom. The molecule has 0 aromatic heterocycles. The Morgan fingerprint density at radius 2 is 2.27 bits per heavy atom. The average molecular weight is 156 g/mol. The summed E-state index contributed by atoms with van der Waals surface area (Å²) >= 11 is 0. The van der Waals surface area contributed by atoms with Gasteiger partial charge in [-0.15, -0.1) is 0 Å². The molecular formula is C8H16N2O. The Hall–Kier alpha value is -0.120. The van der Waals surface area contributed by atoms with Crippen molar-refractivity contribution in [2.45, 2.75) is 25.7 Å². The van der Waals surface area contributed by atoms with Gasteiger partial charge >= 0.3 is 0 Å². The summed E-state index contributed by atoms with van der Waals surface area (Å²) in [6.07, 6.45) is 1.98. The SMILES string of the molecule is CC1CNC(C2CCNC2)O1. The second kappa shape index (κ2) is 3.09. The molecule has 2 heterocycles. The second-order valence-electron chi connectivity index (χ2n) is 3.53. The molecule has 64 valence electrons. The van der Waals surface area contributed by atoms with Crippen LogP contribution in [0.4, 0.5) is 0 Å². The first kappa shape index (κ1) is 7.53. The van der Waals surface area contributed by atoms with Crippen LogP contribution in [-0.4, -0.2) is 32.0 Å². The molecule has 2 rings (SSSR count). The lowest BCUT2D eigenvalue weighted by molar-refractivity contribution is 0.0183. The van der Waals surface area contributed by atoms with Crippen molar-refractivity contribution in [3.63, 3.8) is 0 Å². The van der Waals surface area contributed by atoms with Crippen molar-refractivity contribution in [1.82, 2.24) is 10.6 Å². The summed E-state index contributed by atoms with van der Waals surface area (Å²) in [6.45, 7) is 5.40. The lowest BCUT2D eigenvalue weighted by atomic mass is 10.1. The van der Waals surface area contributed by atoms with E-state index >= 15 is 0 Å². The molecule has 0 aliphatic carbocycles. The van der Waals surface area contributed by atoms with Crippen LogP contribution < -0.4 is 10.6 Å². The van der Waals surface area contributed by atoms with Gasteiger partial charge in [-0.2, -0.15) is 0 Å². The molecule has 2 saturated heterocycles. The standard InChI is InChI=1S/C8H16N2O/c1-6-4-10-8(11-6)7-2-3-9-5-7/h6-10H,2-5H2,1H3. The zero-order valence-electron chi connectivity index (χ0n) is 6.97. The first-order valence-corrected chi connectivity index (χ1v) is 4.46. The van der Waals surface area contributed by atoms with Crippen LogP contribution in [-0.2, 0) is 4.74 Å². The van der Waals surface area contributed by atoms with E-state index in [1.54, 1.807) is 0 Å². The number of hydrogen-bond acceptors (Lipinski definition) is 3. The molecule has 2 fully saturated rings. The zero-order chi connectivity index (χ0) is 7.68. The monoisotopic (exact) mass is 156 g/mol. The molecule has 3 atom stereocenters. The molecule has 0 aromatic carbocycles. The van der Waals surface area contributed by atoms with E-state index in [1.807, 2.05) is 0 Å². The predicted octanol–water partition coefficient (Wildman–Crippen LogP) is -0.0697. The summed E-state index contributed by atoms with van der Waals surface area (Å²) in [5.41, 5.74) is 0. The fourth-order valence-corrected chi connectivity index (χ4v) is 1.84. The number of hydrogen-bond donors (Lipinski definition) is 2. The van der Waals surface area contributed by atoms with E-state index in [0.29, 0.717) is 18.2 Å². The van der Waals surface area contributed by atoms with Gasteiger partial charge in [0.25, 0.3) is 0 Å². The topological polar surface area (TPSA) is 33.3 Å². The average Bonchev–Trinajstić information content (AvgIpc) is 2.55. The van der Waals surface area contributed by atoms with Crippen molar-refractivity contribution in [1.29, 1.82) is 0 Å². The number of ether oxygens (including phenoxy) is 1. The van der Waals surface area contributed by atoms with Crippen molar-refractivity contribution >= 4 is 0 Å². The maximum absolute atomic E-state index is 5.69. The van der Waals surface area contributed by atoms with Gasteiger partial charge in [-0.25, -0.2) is 0 Å². The van der Waals surface area contributed by atoms with Gasteiger partial charge in [0.05, 0.1) is 6.10 Å². The van der Waals surface area contributed by atoms with Gasteiger partial charge in [0.2, 0.25) is 0 Å². The highest BCUT2D eigenvalue weighted by molar-refractivity contribution is 4.82. The highest BCUT2D eigenvalue weighted by atomic mass is 16.5. The fourth-order valence-electron chi connectivity index (χ4n) is 1.84. The molecule has 0 radical (unpaired) electrons. The number of nitrogens with one attached hydrogen (secondary N) is 2. The Kier molecular flexibility index (Phi) is 2.11. The maximum Gasteiger partial charge on any atom is 0.112 e. The van der Waals surface area contributed by atoms with Gasteiger partial charge in [0.1, 0.15) is 6.23 Å². The lowest BCUT2D eigenvalue weighted by Gasteiger charge is -2.16. The van der Waals surface area contributed by atoms with E-state index < -0.39 is 0 Å². The van der Waals surface area contributed by atoms with Gasteiger partial charge in [-0.3, -0.25) is 5.32 Å². The van der Waals surface area contributed by atoms with Crippen molar-refractivity contribution in [3.8, 4) is 0 Å². The zero-order valence-corrected chi connectivity index (χ0v) is 6.97. The third-order valence-corrected chi connectivity index (χ3v) is 2.51. The summed E-state index contributed by atoms with van der Waals surface area (Å²) in [5.74, 6) is 0.694. The van der Waals surface area contributed by atoms with Crippen LogP contribution in [0.5, 0.6) is 0 Å². The minimum Gasteiger partial charge on any atom is -0.359 e. The highest BCUT2D eigenvalue weighted by Crippen LogP contribution is 2.18. The molecule has 11 heavy (non-hydrogen) atoms. The van der Waals surface area contributed by atoms with E-state index in [-0.39, 0.29) is 0 Å². The molecule has 0 bridgehead atoms. The smallest absolute Gasteiger partial charge is 0.112 e. The summed E-state index contributed by atoms with van der Waals surface area (Å²) in [5, 5.41) is 6.73. The minimum atomic E-state index is 0.319. The largest absolute Gasteiger partial charge is 0.359 e. The van der Waals surface area contributed by atoms with Crippen molar-refractivity contribution in [3.05, 3.63) is 0 Å². The molecule has 2 N–H and O–H groups in total. The van der Waals surface area contributed by atoms with Crippen LogP contribution in [0.1, 0.15) is 13.3 Å². The highest BCUT2D eigenvalue weighted by Gasteiger charge is 2.30. The van der Waals surface area contributed by atoms with E-state index in [0.717, 1.165) is 19.6 Å². The quantitative estimate of drug-likeness (QED) is 0.557. The van der Waals surface area contributed by atoms with Crippen LogP contribution in [0, 0.1) is 5.92 Å². The van der Waals surface area contributed by atoms with Crippen molar-refractivity contribution < 1.29 is 4.74 Å². The van der Waals surface area contributed by atoms with Crippen LogP contribution in [0.2, 0.25) is 0 Å². The summed E-state index contributed by atoms with van der Waals surface area (Å²) in [7, 11) is 0. The van der Waals surface area contributed by atoms with E-state index in [1.165, 1.54) is 6.42 Å². The third-order valence-electron chi connectivity index (χ3n) is 2.51. The van der Waals surface area contributed by atoms with Gasteiger partial charge in [0.15, 0.2) is 0 Å². The van der Waals surface area contributed by atoms with Crippen molar-refractivity contribution in [2.75, 3.05) is 19.6 Å². The van der Waals surface area contributed by atoms with E-state index in [4.69, 9.17) is 4.74 Å². The lowest BCUT2D eigenvalue weighted by Crippen LogP contribution is -2.32. The summed E-state index contributed by atoms with van der Waals surface area (Å²) in [6, 6.07) is 0. The predicted molar refractivity (Wildman–Crippen MR) is 43.3 cm³/mol. The Bertz CT molecular complexity index is 134. The maximum atomic E-state index is 5.69. The molecule has 3 unspecified atom stereocenters. The van der Waals surface area contributed by atoms with Crippen LogP contribution in [0.15, 0.2) is 0 Å². The second-order valence-corrected chi connectivity index (χ2v) is 3.53. The van der Waals surface area contributed by atoms with Gasteiger partial charge in [-0.05, 0) is 19.9 Å². The Morgan fingerprint density at radius 1 is 1.36 bits per heavy atom. The first-order valence-electron chi connectivity index (χ1n) is 4.46. The third kappa shape index (κ3) is 1.55. The first-order chi connectivity index (χ1) is 5.36. The molecule has 0 amide bonds. The van der Waals surface area contributed by atoms with Gasteiger partial charge < -0.3 is 10.1 Å². The molecule has 2 aliphatic rings.